The summed E-state index contributed by atoms with van der Waals surface area (Å²) < 4.78 is 22.1. The first-order valence-electron chi connectivity index (χ1n) is 13.9. The van der Waals surface area contributed by atoms with Gasteiger partial charge in [-0.2, -0.15) is 0 Å². The van der Waals surface area contributed by atoms with Crippen LogP contribution in [-0.4, -0.2) is 87.6 Å². The molecule has 6 N–H and O–H groups in total. The van der Waals surface area contributed by atoms with Gasteiger partial charge in [0.05, 0.1) is 42.1 Å². The number of Topliss-reactive ketones (excluding diaryl/α,β-unsaturated/α-hetero) is 1. The highest BCUT2D eigenvalue weighted by Crippen LogP contribution is 2.52. The highest BCUT2D eigenvalue weighted by Gasteiger charge is 2.50. The molecule has 5 rings (SSSR count). The zero-order valence-corrected chi connectivity index (χ0v) is 23.8. The molecular weight excluding hydrogens is 566 g/mol. The van der Waals surface area contributed by atoms with Gasteiger partial charge in [-0.25, -0.2) is 0 Å². The van der Waals surface area contributed by atoms with Gasteiger partial charge in [-0.1, -0.05) is 19.1 Å². The Labute approximate surface area is 246 Å². The number of aliphatic hydroxyl groups excluding tert-OH is 1. The Bertz CT molecular complexity index is 1510. The molecule has 0 unspecified atom stereocenters. The van der Waals surface area contributed by atoms with Gasteiger partial charge in [0.1, 0.15) is 22.8 Å². The predicted molar refractivity (Wildman–Crippen MR) is 146 cm³/mol. The number of esters is 1. The van der Waals surface area contributed by atoms with Gasteiger partial charge in [0, 0.05) is 48.4 Å². The summed E-state index contributed by atoms with van der Waals surface area (Å²) in [4.78, 5) is 52.3. The van der Waals surface area contributed by atoms with E-state index < -0.39 is 102 Å². The lowest BCUT2D eigenvalue weighted by Crippen LogP contribution is -2.53. The zero-order valence-electron chi connectivity index (χ0n) is 23.8. The van der Waals surface area contributed by atoms with Crippen LogP contribution in [0.1, 0.15) is 82.2 Å². The lowest BCUT2D eigenvalue weighted by molar-refractivity contribution is -0.247. The van der Waals surface area contributed by atoms with E-state index in [0.29, 0.717) is 0 Å². The molecule has 43 heavy (non-hydrogen) atoms. The maximum atomic E-state index is 13.8. The number of benzene rings is 2. The highest BCUT2D eigenvalue weighted by molar-refractivity contribution is 6.31. The summed E-state index contributed by atoms with van der Waals surface area (Å²) in [5.41, 5.74) is 2.29. The Balaban J connectivity index is 1.64. The largest absolute Gasteiger partial charge is 0.507 e. The number of hydrogen-bond donors (Lipinski definition) is 5. The number of hydrogen-bond acceptors (Lipinski definition) is 13. The molecule has 2 aromatic rings. The third kappa shape index (κ3) is 5.06. The number of carbonyl (C=O) groups is 4. The lowest BCUT2D eigenvalue weighted by Gasteiger charge is -2.42. The molecule has 0 spiro atoms. The first-order valence-corrected chi connectivity index (χ1v) is 13.9. The summed E-state index contributed by atoms with van der Waals surface area (Å²) in [6.45, 7) is 2.33. The van der Waals surface area contributed by atoms with Crippen LogP contribution in [0.3, 0.4) is 0 Å². The van der Waals surface area contributed by atoms with E-state index in [0.717, 1.165) is 0 Å². The van der Waals surface area contributed by atoms with Crippen molar-refractivity contribution in [1.29, 1.82) is 0 Å². The minimum Gasteiger partial charge on any atom is -0.507 e. The first-order chi connectivity index (χ1) is 20.3. The minimum atomic E-state index is -2.28. The molecule has 13 heteroatoms. The van der Waals surface area contributed by atoms with Crippen molar-refractivity contribution in [1.82, 2.24) is 0 Å². The maximum absolute atomic E-state index is 13.8. The Hall–Kier alpha value is -3.88. The molecule has 2 aliphatic carbocycles. The van der Waals surface area contributed by atoms with Crippen molar-refractivity contribution in [3.63, 3.8) is 0 Å². The second-order valence-electron chi connectivity index (χ2n) is 11.0. The summed E-state index contributed by atoms with van der Waals surface area (Å²) in [6, 6.07) is 3.60. The molecule has 1 saturated heterocycles. The fourth-order valence-electron chi connectivity index (χ4n) is 5.99. The molecule has 230 valence electrons. The molecule has 0 radical (unpaired) electrons. The summed E-state index contributed by atoms with van der Waals surface area (Å²) in [7, 11) is 1.32. The van der Waals surface area contributed by atoms with Crippen LogP contribution >= 0.6 is 0 Å². The van der Waals surface area contributed by atoms with Gasteiger partial charge >= 0.3 is 5.97 Å². The van der Waals surface area contributed by atoms with Crippen LogP contribution in [-0.2, 0) is 30.2 Å². The number of methoxy groups -OCH3 is 1. The Kier molecular flexibility index (Phi) is 8.05. The van der Waals surface area contributed by atoms with Gasteiger partial charge in [0.2, 0.25) is 11.6 Å². The predicted octanol–water partition coefficient (Wildman–Crippen LogP) is 0.962. The highest BCUT2D eigenvalue weighted by atomic mass is 16.7. The van der Waals surface area contributed by atoms with E-state index >= 15 is 0 Å². The summed E-state index contributed by atoms with van der Waals surface area (Å²) in [5.74, 6) is -4.46. The topological polar surface area (TPSA) is 212 Å². The Morgan fingerprint density at radius 2 is 1.81 bits per heavy atom. The van der Waals surface area contributed by atoms with Crippen molar-refractivity contribution >= 4 is 23.3 Å². The fourth-order valence-corrected chi connectivity index (χ4v) is 5.99. The molecular formula is C30H33NO12. The number of aromatic hydroxyl groups is 2. The molecule has 0 amide bonds. The van der Waals surface area contributed by atoms with Crippen LogP contribution in [0.25, 0.3) is 0 Å². The number of fused-ring (bicyclic) bond motifs is 3. The van der Waals surface area contributed by atoms with Gasteiger partial charge in [-0.05, 0) is 13.0 Å². The lowest BCUT2D eigenvalue weighted by atomic mass is 9.72. The van der Waals surface area contributed by atoms with Gasteiger partial charge in [-0.3, -0.25) is 19.2 Å². The van der Waals surface area contributed by atoms with E-state index in [2.05, 4.69) is 0 Å². The number of ether oxygens (including phenoxy) is 4. The third-order valence-corrected chi connectivity index (χ3v) is 8.31. The van der Waals surface area contributed by atoms with Crippen LogP contribution in [0, 0.1) is 0 Å². The number of phenolic OH excluding ortho intramolecular Hbond substituents is 2. The van der Waals surface area contributed by atoms with E-state index in [-0.39, 0.29) is 40.8 Å². The zero-order chi connectivity index (χ0) is 31.4. The number of ketones is 3. The second kappa shape index (κ2) is 11.3. The third-order valence-electron chi connectivity index (χ3n) is 8.31. The molecule has 13 nitrogen and oxygen atoms in total. The number of rotatable bonds is 7. The van der Waals surface area contributed by atoms with Crippen LogP contribution < -0.4 is 10.5 Å². The molecule has 0 aromatic heterocycles. The van der Waals surface area contributed by atoms with E-state index in [1.54, 1.807) is 6.92 Å². The van der Waals surface area contributed by atoms with E-state index in [1.165, 1.54) is 32.2 Å². The first kappa shape index (κ1) is 30.6. The minimum absolute atomic E-state index is 0.00248. The summed E-state index contributed by atoms with van der Waals surface area (Å²) in [5, 5.41) is 44.9. The molecule has 1 heterocycles. The van der Waals surface area contributed by atoms with Crippen molar-refractivity contribution < 1.29 is 58.6 Å². The second-order valence-corrected chi connectivity index (χ2v) is 11.0. The quantitative estimate of drug-likeness (QED) is 0.189. The fraction of sp³-hybridized carbons (Fsp3) is 0.467. The van der Waals surface area contributed by atoms with Crippen molar-refractivity contribution in [3.05, 3.63) is 51.6 Å². The van der Waals surface area contributed by atoms with Gasteiger partial charge in [-0.15, -0.1) is 0 Å². The van der Waals surface area contributed by atoms with Gasteiger partial charge in [0.15, 0.2) is 18.7 Å². The van der Waals surface area contributed by atoms with Crippen molar-refractivity contribution in [2.45, 2.75) is 75.8 Å². The van der Waals surface area contributed by atoms with Crippen LogP contribution in [0.2, 0.25) is 0 Å². The maximum Gasteiger partial charge on any atom is 0.305 e. The number of nitrogens with two attached hydrogens (primary N) is 1. The molecule has 6 atom stereocenters. The molecule has 0 saturated carbocycles. The van der Waals surface area contributed by atoms with Crippen molar-refractivity contribution in [3.8, 4) is 17.2 Å². The summed E-state index contributed by atoms with van der Waals surface area (Å²) >= 11 is 0. The van der Waals surface area contributed by atoms with Crippen molar-refractivity contribution in [2.24, 2.45) is 5.73 Å². The summed E-state index contributed by atoms with van der Waals surface area (Å²) in [6.07, 6.45) is -5.31. The van der Waals surface area contributed by atoms with E-state index in [9.17, 15) is 39.6 Å². The van der Waals surface area contributed by atoms with E-state index in [4.69, 9.17) is 24.7 Å². The van der Waals surface area contributed by atoms with Crippen molar-refractivity contribution in [2.75, 3.05) is 13.7 Å². The smallest absolute Gasteiger partial charge is 0.305 e. The standard InChI is InChI=1S/C30H33NO12/c1-4-19(33)41-11-18(32)30(39)9-14-22(17(10-30)43-20-8-15(31)25(34)12(2)42-20)29(38)24-23(27(14)36)26(35)13-6-5-7-16(40-3)21(13)28(24)37/h5-7,12,15,17,20,25,34,36,38-39H,4,8-11,31H2,1-3H3/t12-,15-,17-,20+,25+,30-/m0/s1. The van der Waals surface area contributed by atoms with Gasteiger partial charge in [0.25, 0.3) is 0 Å². The number of aliphatic hydroxyl groups is 2. The molecule has 3 aliphatic rings. The average molecular weight is 600 g/mol. The molecule has 0 bridgehead atoms. The van der Waals surface area contributed by atoms with Crippen LogP contribution in [0.5, 0.6) is 17.2 Å². The SMILES string of the molecule is CCC(=O)OCC(=O)[C@]1(O)Cc2c(O)c3c(c(O)c2[C@@H](O[C@@H]2C[C@H](N)[C@H](O)[C@H](C)O2)C1)C(=O)c1c(OC)cccc1C3=O. The Morgan fingerprint density at radius 1 is 1.12 bits per heavy atom. The average Bonchev–Trinajstić information content (AvgIpc) is 2.98. The number of phenols is 2. The van der Waals surface area contributed by atoms with Crippen LogP contribution in [0.15, 0.2) is 18.2 Å². The van der Waals surface area contributed by atoms with Crippen LogP contribution in [0.4, 0.5) is 0 Å². The molecule has 2 aromatic carbocycles. The molecule has 1 aliphatic heterocycles. The monoisotopic (exact) mass is 599 g/mol. The number of carbonyl (C=O) groups excluding carboxylic acids is 4. The van der Waals surface area contributed by atoms with Gasteiger partial charge < -0.3 is 45.1 Å². The van der Waals surface area contributed by atoms with E-state index in [1.807, 2.05) is 0 Å². The Morgan fingerprint density at radius 3 is 2.47 bits per heavy atom. The molecule has 1 fully saturated rings. The normalized spacial score (nSPS) is 28.0.